The SMILES string of the molecule is CCOC1CCC(F)C(F)C1. The van der Waals surface area contributed by atoms with Crippen LogP contribution in [0.2, 0.25) is 0 Å². The van der Waals surface area contributed by atoms with E-state index >= 15 is 0 Å². The van der Waals surface area contributed by atoms with E-state index in [1.165, 1.54) is 0 Å². The van der Waals surface area contributed by atoms with Crippen LogP contribution in [-0.4, -0.2) is 25.1 Å². The summed E-state index contributed by atoms with van der Waals surface area (Å²) in [6.07, 6.45) is -1.41. The van der Waals surface area contributed by atoms with E-state index in [0.29, 0.717) is 19.4 Å². The van der Waals surface area contributed by atoms with Gasteiger partial charge in [0.05, 0.1) is 6.10 Å². The van der Waals surface area contributed by atoms with Gasteiger partial charge in [-0.3, -0.25) is 0 Å². The first kappa shape index (κ1) is 8.91. The molecule has 0 heterocycles. The van der Waals surface area contributed by atoms with Crippen LogP contribution in [0, 0.1) is 0 Å². The number of rotatable bonds is 2. The van der Waals surface area contributed by atoms with Crippen LogP contribution < -0.4 is 0 Å². The van der Waals surface area contributed by atoms with E-state index in [9.17, 15) is 8.78 Å². The van der Waals surface area contributed by atoms with Crippen molar-refractivity contribution >= 4 is 0 Å². The molecule has 11 heavy (non-hydrogen) atoms. The maximum absolute atomic E-state index is 12.7. The molecule has 3 atom stereocenters. The first-order chi connectivity index (χ1) is 5.24. The van der Waals surface area contributed by atoms with Crippen LogP contribution in [0.4, 0.5) is 8.78 Å². The summed E-state index contributed by atoms with van der Waals surface area (Å²) >= 11 is 0. The fourth-order valence-corrected chi connectivity index (χ4v) is 1.43. The highest BCUT2D eigenvalue weighted by Gasteiger charge is 2.30. The van der Waals surface area contributed by atoms with Crippen LogP contribution in [-0.2, 0) is 4.74 Å². The summed E-state index contributed by atoms with van der Waals surface area (Å²) in [5, 5.41) is 0. The Balaban J connectivity index is 2.28. The molecule has 0 saturated heterocycles. The van der Waals surface area contributed by atoms with Gasteiger partial charge in [-0.25, -0.2) is 8.78 Å². The first-order valence-electron chi connectivity index (χ1n) is 4.13. The van der Waals surface area contributed by atoms with Crippen LogP contribution in [0.3, 0.4) is 0 Å². The normalized spacial score (nSPS) is 39.0. The van der Waals surface area contributed by atoms with Crippen molar-refractivity contribution in [2.75, 3.05) is 6.61 Å². The highest BCUT2D eigenvalue weighted by molar-refractivity contribution is 4.80. The summed E-state index contributed by atoms with van der Waals surface area (Å²) < 4.78 is 30.5. The smallest absolute Gasteiger partial charge is 0.134 e. The molecule has 66 valence electrons. The summed E-state index contributed by atoms with van der Waals surface area (Å²) in [5.41, 5.74) is 0. The zero-order valence-corrected chi connectivity index (χ0v) is 6.72. The maximum atomic E-state index is 12.7. The van der Waals surface area contributed by atoms with E-state index in [2.05, 4.69) is 0 Å². The Labute approximate surface area is 65.7 Å². The van der Waals surface area contributed by atoms with E-state index in [1.807, 2.05) is 6.92 Å². The second-order valence-corrected chi connectivity index (χ2v) is 2.92. The summed E-state index contributed by atoms with van der Waals surface area (Å²) in [4.78, 5) is 0. The summed E-state index contributed by atoms with van der Waals surface area (Å²) in [5.74, 6) is 0. The van der Waals surface area contributed by atoms with Crippen LogP contribution in [0.15, 0.2) is 0 Å². The van der Waals surface area contributed by atoms with Gasteiger partial charge in [-0.15, -0.1) is 0 Å². The van der Waals surface area contributed by atoms with Gasteiger partial charge in [-0.2, -0.15) is 0 Å². The average molecular weight is 164 g/mol. The third kappa shape index (κ3) is 2.40. The molecule has 0 aromatic carbocycles. The molecule has 0 bridgehead atoms. The molecule has 3 heteroatoms. The fourth-order valence-electron chi connectivity index (χ4n) is 1.43. The molecule has 0 aliphatic heterocycles. The Bertz CT molecular complexity index is 119. The van der Waals surface area contributed by atoms with Crippen LogP contribution >= 0.6 is 0 Å². The van der Waals surface area contributed by atoms with E-state index in [1.54, 1.807) is 0 Å². The molecule has 1 nitrogen and oxygen atoms in total. The van der Waals surface area contributed by atoms with Crippen molar-refractivity contribution in [3.05, 3.63) is 0 Å². The molecular weight excluding hydrogens is 150 g/mol. The van der Waals surface area contributed by atoms with Crippen LogP contribution in [0.25, 0.3) is 0 Å². The molecule has 0 amide bonds. The molecule has 0 aromatic heterocycles. The van der Waals surface area contributed by atoms with Gasteiger partial charge in [0.25, 0.3) is 0 Å². The molecule has 1 aliphatic rings. The summed E-state index contributed by atoms with van der Waals surface area (Å²) in [6.45, 7) is 2.46. The third-order valence-corrected chi connectivity index (χ3v) is 2.05. The lowest BCUT2D eigenvalue weighted by atomic mass is 9.94. The molecule has 1 saturated carbocycles. The average Bonchev–Trinajstić information content (AvgIpc) is 1.98. The topological polar surface area (TPSA) is 9.23 Å². The zero-order chi connectivity index (χ0) is 8.27. The van der Waals surface area contributed by atoms with Gasteiger partial charge >= 0.3 is 0 Å². The van der Waals surface area contributed by atoms with E-state index in [-0.39, 0.29) is 12.5 Å². The Morgan fingerprint density at radius 1 is 1.27 bits per heavy atom. The number of ether oxygens (including phenoxy) is 1. The van der Waals surface area contributed by atoms with E-state index < -0.39 is 12.3 Å². The largest absolute Gasteiger partial charge is 0.378 e. The number of hydrogen-bond acceptors (Lipinski definition) is 1. The first-order valence-corrected chi connectivity index (χ1v) is 4.13. The predicted octanol–water partition coefficient (Wildman–Crippen LogP) is 2.25. The Hall–Kier alpha value is -0.180. The van der Waals surface area contributed by atoms with Crippen LogP contribution in [0.1, 0.15) is 26.2 Å². The molecule has 3 unspecified atom stereocenters. The molecule has 0 spiro atoms. The molecule has 0 radical (unpaired) electrons. The Kier molecular flexibility index (Phi) is 3.24. The van der Waals surface area contributed by atoms with Gasteiger partial charge in [-0.05, 0) is 19.8 Å². The molecular formula is C8H14F2O. The van der Waals surface area contributed by atoms with Crippen molar-refractivity contribution in [1.29, 1.82) is 0 Å². The van der Waals surface area contributed by atoms with Crippen molar-refractivity contribution in [3.63, 3.8) is 0 Å². The highest BCUT2D eigenvalue weighted by atomic mass is 19.2. The minimum absolute atomic E-state index is 0.0537. The standard InChI is InChI=1S/C8H14F2O/c1-2-11-6-3-4-7(9)8(10)5-6/h6-8H,2-5H2,1H3. The second-order valence-electron chi connectivity index (χ2n) is 2.92. The van der Waals surface area contributed by atoms with Gasteiger partial charge in [0.2, 0.25) is 0 Å². The Morgan fingerprint density at radius 3 is 2.55 bits per heavy atom. The van der Waals surface area contributed by atoms with E-state index in [4.69, 9.17) is 4.74 Å². The van der Waals surface area contributed by atoms with Gasteiger partial charge in [0, 0.05) is 13.0 Å². The lowest BCUT2D eigenvalue weighted by Crippen LogP contribution is -2.31. The fraction of sp³-hybridized carbons (Fsp3) is 1.00. The van der Waals surface area contributed by atoms with Gasteiger partial charge < -0.3 is 4.74 Å². The van der Waals surface area contributed by atoms with Crippen molar-refractivity contribution in [3.8, 4) is 0 Å². The van der Waals surface area contributed by atoms with Crippen molar-refractivity contribution < 1.29 is 13.5 Å². The summed E-state index contributed by atoms with van der Waals surface area (Å²) in [7, 11) is 0. The molecule has 0 aromatic rings. The molecule has 1 rings (SSSR count). The minimum atomic E-state index is -1.31. The van der Waals surface area contributed by atoms with E-state index in [0.717, 1.165) is 0 Å². The minimum Gasteiger partial charge on any atom is -0.378 e. The second kappa shape index (κ2) is 4.00. The number of halogens is 2. The molecule has 0 N–H and O–H groups in total. The lowest BCUT2D eigenvalue weighted by Gasteiger charge is -2.26. The number of alkyl halides is 2. The Morgan fingerprint density at radius 2 is 2.00 bits per heavy atom. The number of hydrogen-bond donors (Lipinski definition) is 0. The van der Waals surface area contributed by atoms with Gasteiger partial charge in [0.1, 0.15) is 12.3 Å². The van der Waals surface area contributed by atoms with Crippen LogP contribution in [0.5, 0.6) is 0 Å². The third-order valence-electron chi connectivity index (χ3n) is 2.05. The van der Waals surface area contributed by atoms with Crippen molar-refractivity contribution in [1.82, 2.24) is 0 Å². The van der Waals surface area contributed by atoms with Crippen molar-refractivity contribution in [2.24, 2.45) is 0 Å². The van der Waals surface area contributed by atoms with Crippen molar-refractivity contribution in [2.45, 2.75) is 44.6 Å². The predicted molar refractivity (Wildman–Crippen MR) is 39.1 cm³/mol. The maximum Gasteiger partial charge on any atom is 0.134 e. The highest BCUT2D eigenvalue weighted by Crippen LogP contribution is 2.25. The molecule has 1 fully saturated rings. The summed E-state index contributed by atoms with van der Waals surface area (Å²) in [6, 6.07) is 0. The quantitative estimate of drug-likeness (QED) is 0.608. The van der Waals surface area contributed by atoms with Gasteiger partial charge in [0.15, 0.2) is 0 Å². The monoisotopic (exact) mass is 164 g/mol. The molecule has 1 aliphatic carbocycles. The van der Waals surface area contributed by atoms with Gasteiger partial charge in [-0.1, -0.05) is 0 Å². The zero-order valence-electron chi connectivity index (χ0n) is 6.72. The lowest BCUT2D eigenvalue weighted by molar-refractivity contribution is -0.0151.